The second kappa shape index (κ2) is 5.71. The monoisotopic (exact) mass is 248 g/mol. The third-order valence-electron chi connectivity index (χ3n) is 2.64. The summed E-state index contributed by atoms with van der Waals surface area (Å²) in [5.74, 6) is 0.501. The van der Waals surface area contributed by atoms with E-state index >= 15 is 0 Å². The van der Waals surface area contributed by atoms with E-state index in [4.69, 9.17) is 4.74 Å². The number of methoxy groups -OCH3 is 2. The molecular formula is C15H20O3. The summed E-state index contributed by atoms with van der Waals surface area (Å²) in [6, 6.07) is 5.85. The Morgan fingerprint density at radius 1 is 1.22 bits per heavy atom. The van der Waals surface area contributed by atoms with E-state index in [-0.39, 0.29) is 11.4 Å². The van der Waals surface area contributed by atoms with Gasteiger partial charge < -0.3 is 9.47 Å². The van der Waals surface area contributed by atoms with E-state index in [1.807, 2.05) is 18.2 Å². The van der Waals surface area contributed by atoms with Crippen molar-refractivity contribution in [3.05, 3.63) is 35.4 Å². The first-order valence-electron chi connectivity index (χ1n) is 5.83. The number of carbonyl (C=O) groups is 1. The predicted octanol–water partition coefficient (Wildman–Crippen LogP) is 3.18. The van der Waals surface area contributed by atoms with Crippen molar-refractivity contribution in [2.24, 2.45) is 0 Å². The molecule has 0 saturated heterocycles. The Hall–Kier alpha value is -1.77. The predicted molar refractivity (Wildman–Crippen MR) is 72.7 cm³/mol. The number of hydrogen-bond acceptors (Lipinski definition) is 3. The first-order valence-corrected chi connectivity index (χ1v) is 5.83. The molecule has 0 amide bonds. The number of benzene rings is 1. The van der Waals surface area contributed by atoms with Crippen LogP contribution in [0.4, 0.5) is 0 Å². The molecule has 0 aromatic heterocycles. The molecule has 1 aromatic rings. The van der Waals surface area contributed by atoms with Crippen LogP contribution in [0.2, 0.25) is 0 Å². The highest BCUT2D eigenvalue weighted by molar-refractivity contribution is 5.87. The van der Waals surface area contributed by atoms with Crippen LogP contribution in [0.15, 0.2) is 24.3 Å². The Balaban J connectivity index is 3.11. The van der Waals surface area contributed by atoms with E-state index in [2.05, 4.69) is 25.5 Å². The van der Waals surface area contributed by atoms with Gasteiger partial charge in [0.2, 0.25) is 0 Å². The van der Waals surface area contributed by atoms with Gasteiger partial charge in [-0.15, -0.1) is 0 Å². The number of carbonyl (C=O) groups excluding carboxylic acids is 1. The Bertz CT molecular complexity index is 453. The average molecular weight is 248 g/mol. The second-order valence-electron chi connectivity index (χ2n) is 5.07. The fourth-order valence-electron chi connectivity index (χ4n) is 1.65. The number of hydrogen-bond donors (Lipinski definition) is 0. The summed E-state index contributed by atoms with van der Waals surface area (Å²) >= 11 is 0. The maximum atomic E-state index is 11.1. The number of ether oxygens (including phenoxy) is 2. The first-order chi connectivity index (χ1) is 8.38. The summed E-state index contributed by atoms with van der Waals surface area (Å²) in [7, 11) is 3.02. The summed E-state index contributed by atoms with van der Waals surface area (Å²) in [5.41, 5.74) is 2.05. The number of esters is 1. The van der Waals surface area contributed by atoms with Gasteiger partial charge in [0.1, 0.15) is 5.75 Å². The van der Waals surface area contributed by atoms with Gasteiger partial charge in [0, 0.05) is 11.6 Å². The van der Waals surface area contributed by atoms with Crippen LogP contribution in [0, 0.1) is 0 Å². The first kappa shape index (κ1) is 14.3. The summed E-state index contributed by atoms with van der Waals surface area (Å²) in [4.78, 5) is 11.1. The molecule has 98 valence electrons. The highest BCUT2D eigenvalue weighted by Crippen LogP contribution is 2.32. The van der Waals surface area contributed by atoms with E-state index in [1.54, 1.807) is 13.2 Å². The van der Waals surface area contributed by atoms with Crippen LogP contribution in [0.1, 0.15) is 31.9 Å². The van der Waals surface area contributed by atoms with Gasteiger partial charge in [-0.2, -0.15) is 0 Å². The van der Waals surface area contributed by atoms with Crippen LogP contribution in [0.5, 0.6) is 5.75 Å². The molecule has 3 heteroatoms. The van der Waals surface area contributed by atoms with Crippen LogP contribution in [0.25, 0.3) is 6.08 Å². The van der Waals surface area contributed by atoms with Crippen LogP contribution < -0.4 is 4.74 Å². The highest BCUT2D eigenvalue weighted by Gasteiger charge is 2.18. The molecule has 0 saturated carbocycles. The molecule has 0 bridgehead atoms. The second-order valence-corrected chi connectivity index (χ2v) is 5.07. The summed E-state index contributed by atoms with van der Waals surface area (Å²) in [6.45, 7) is 6.37. The molecule has 18 heavy (non-hydrogen) atoms. The molecule has 0 unspecified atom stereocenters. The zero-order chi connectivity index (χ0) is 13.8. The van der Waals surface area contributed by atoms with Crippen molar-refractivity contribution in [1.82, 2.24) is 0 Å². The van der Waals surface area contributed by atoms with E-state index in [9.17, 15) is 4.79 Å². The van der Waals surface area contributed by atoms with Crippen LogP contribution in [0.3, 0.4) is 0 Å². The van der Waals surface area contributed by atoms with Crippen LogP contribution in [-0.4, -0.2) is 20.2 Å². The Morgan fingerprint density at radius 2 is 1.89 bits per heavy atom. The summed E-state index contributed by atoms with van der Waals surface area (Å²) in [6.07, 6.45) is 3.15. The standard InChI is InChI=1S/C15H20O3/c1-15(2,3)12-10-11(6-8-13(12)17-4)7-9-14(16)18-5/h6-10H,1-5H3/b9-7+. The fraction of sp³-hybridized carbons (Fsp3) is 0.400. The molecule has 0 aliphatic carbocycles. The van der Waals surface area contributed by atoms with Gasteiger partial charge in [-0.05, 0) is 29.2 Å². The van der Waals surface area contributed by atoms with Crippen molar-refractivity contribution in [1.29, 1.82) is 0 Å². The lowest BCUT2D eigenvalue weighted by Crippen LogP contribution is -2.13. The van der Waals surface area contributed by atoms with Crippen molar-refractivity contribution in [3.63, 3.8) is 0 Å². The minimum atomic E-state index is -0.358. The van der Waals surface area contributed by atoms with Crippen LogP contribution >= 0.6 is 0 Å². The maximum absolute atomic E-state index is 11.1. The fourth-order valence-corrected chi connectivity index (χ4v) is 1.65. The third-order valence-corrected chi connectivity index (χ3v) is 2.64. The zero-order valence-corrected chi connectivity index (χ0v) is 11.6. The van der Waals surface area contributed by atoms with Crippen molar-refractivity contribution >= 4 is 12.0 Å². The highest BCUT2D eigenvalue weighted by atomic mass is 16.5. The Kier molecular flexibility index (Phi) is 4.54. The molecule has 0 aliphatic rings. The molecular weight excluding hydrogens is 228 g/mol. The van der Waals surface area contributed by atoms with Crippen molar-refractivity contribution in [2.45, 2.75) is 26.2 Å². The van der Waals surface area contributed by atoms with E-state index in [1.165, 1.54) is 13.2 Å². The lowest BCUT2D eigenvalue weighted by molar-refractivity contribution is -0.134. The van der Waals surface area contributed by atoms with E-state index in [0.29, 0.717) is 0 Å². The SMILES string of the molecule is COC(=O)/C=C/c1ccc(OC)c(C(C)(C)C)c1. The van der Waals surface area contributed by atoms with Gasteiger partial charge in [0.25, 0.3) is 0 Å². The lowest BCUT2D eigenvalue weighted by Gasteiger charge is -2.22. The molecule has 0 aliphatic heterocycles. The maximum Gasteiger partial charge on any atom is 0.330 e. The third kappa shape index (κ3) is 3.62. The van der Waals surface area contributed by atoms with E-state index < -0.39 is 0 Å². The van der Waals surface area contributed by atoms with Crippen LogP contribution in [-0.2, 0) is 14.9 Å². The van der Waals surface area contributed by atoms with Gasteiger partial charge in [-0.1, -0.05) is 26.8 Å². The van der Waals surface area contributed by atoms with Gasteiger partial charge in [-0.3, -0.25) is 0 Å². The van der Waals surface area contributed by atoms with Crippen molar-refractivity contribution in [2.75, 3.05) is 14.2 Å². The number of rotatable bonds is 3. The Morgan fingerprint density at radius 3 is 2.39 bits per heavy atom. The molecule has 3 nitrogen and oxygen atoms in total. The Labute approximate surface area is 108 Å². The van der Waals surface area contributed by atoms with Gasteiger partial charge in [-0.25, -0.2) is 4.79 Å². The quantitative estimate of drug-likeness (QED) is 0.609. The average Bonchev–Trinajstić information content (AvgIpc) is 2.34. The lowest BCUT2D eigenvalue weighted by atomic mass is 9.85. The van der Waals surface area contributed by atoms with Gasteiger partial charge in [0.05, 0.1) is 14.2 Å². The minimum Gasteiger partial charge on any atom is -0.496 e. The normalized spacial score (nSPS) is 11.6. The largest absolute Gasteiger partial charge is 0.496 e. The molecule has 0 N–H and O–H groups in total. The smallest absolute Gasteiger partial charge is 0.330 e. The molecule has 1 rings (SSSR count). The van der Waals surface area contributed by atoms with Crippen molar-refractivity contribution in [3.8, 4) is 5.75 Å². The molecule has 0 fully saturated rings. The zero-order valence-electron chi connectivity index (χ0n) is 11.6. The van der Waals surface area contributed by atoms with Crippen molar-refractivity contribution < 1.29 is 14.3 Å². The molecule has 0 spiro atoms. The summed E-state index contributed by atoms with van der Waals surface area (Å²) in [5, 5.41) is 0. The summed E-state index contributed by atoms with van der Waals surface area (Å²) < 4.78 is 9.92. The van der Waals surface area contributed by atoms with E-state index in [0.717, 1.165) is 16.9 Å². The molecule has 0 radical (unpaired) electrons. The topological polar surface area (TPSA) is 35.5 Å². The molecule has 1 aromatic carbocycles. The van der Waals surface area contributed by atoms with Gasteiger partial charge >= 0.3 is 5.97 Å². The minimum absolute atomic E-state index is 0.0134. The molecule has 0 atom stereocenters. The molecule has 0 heterocycles. The van der Waals surface area contributed by atoms with Gasteiger partial charge in [0.15, 0.2) is 0 Å².